The number of ether oxygens (including phenoxy) is 1. The largest absolute Gasteiger partial charge is 0.497 e. The molecule has 0 spiro atoms. The van der Waals surface area contributed by atoms with E-state index in [4.69, 9.17) is 4.74 Å². The molecule has 0 aromatic heterocycles. The number of hydrogen-bond donors (Lipinski definition) is 0. The second-order valence-corrected chi connectivity index (χ2v) is 5.84. The van der Waals surface area contributed by atoms with Crippen molar-refractivity contribution >= 4 is 11.4 Å². The minimum atomic E-state index is 0.882. The van der Waals surface area contributed by atoms with Crippen LogP contribution in [0.25, 0.3) is 0 Å². The molecule has 3 heteroatoms. The highest BCUT2D eigenvalue weighted by Gasteiger charge is 2.18. The van der Waals surface area contributed by atoms with Crippen molar-refractivity contribution in [3.05, 3.63) is 53.1 Å². The fraction of sp³-hybridized carbons (Fsp3) is 0.333. The van der Waals surface area contributed by atoms with E-state index in [0.29, 0.717) is 0 Å². The summed E-state index contributed by atoms with van der Waals surface area (Å²) in [5, 5.41) is 0. The summed E-state index contributed by atoms with van der Waals surface area (Å²) >= 11 is 0. The number of fused-ring (bicyclic) bond motifs is 2. The molecule has 0 aliphatic carbocycles. The van der Waals surface area contributed by atoms with E-state index in [9.17, 15) is 0 Å². The van der Waals surface area contributed by atoms with Gasteiger partial charge in [-0.3, -0.25) is 0 Å². The third-order valence-corrected chi connectivity index (χ3v) is 4.16. The molecule has 2 aromatic rings. The van der Waals surface area contributed by atoms with Gasteiger partial charge in [-0.2, -0.15) is 0 Å². The highest BCUT2D eigenvalue weighted by Crippen LogP contribution is 2.33. The lowest BCUT2D eigenvalue weighted by molar-refractivity contribution is 0.414. The van der Waals surface area contributed by atoms with Gasteiger partial charge in [0.25, 0.3) is 0 Å². The molecule has 21 heavy (non-hydrogen) atoms. The third-order valence-electron chi connectivity index (χ3n) is 4.16. The van der Waals surface area contributed by atoms with E-state index in [2.05, 4.69) is 61.2 Å². The Balaban J connectivity index is 2.07. The van der Waals surface area contributed by atoms with Crippen LogP contribution in [0.4, 0.5) is 11.4 Å². The van der Waals surface area contributed by atoms with Crippen LogP contribution in [0.3, 0.4) is 0 Å². The Morgan fingerprint density at radius 2 is 1.43 bits per heavy atom. The highest BCUT2D eigenvalue weighted by atomic mass is 16.5. The molecule has 2 aromatic carbocycles. The lowest BCUT2D eigenvalue weighted by atomic mass is 10.0. The predicted molar refractivity (Wildman–Crippen MR) is 88.4 cm³/mol. The number of aryl methyl sites for hydroxylation is 1. The van der Waals surface area contributed by atoms with Crippen LogP contribution in [0.1, 0.15) is 16.7 Å². The highest BCUT2D eigenvalue weighted by molar-refractivity contribution is 5.63. The monoisotopic (exact) mass is 282 g/mol. The van der Waals surface area contributed by atoms with Crippen molar-refractivity contribution < 1.29 is 4.74 Å². The first-order chi connectivity index (χ1) is 10.1. The minimum Gasteiger partial charge on any atom is -0.497 e. The first kappa shape index (κ1) is 13.8. The van der Waals surface area contributed by atoms with Gasteiger partial charge in [-0.15, -0.1) is 0 Å². The summed E-state index contributed by atoms with van der Waals surface area (Å²) in [6, 6.07) is 13.0. The fourth-order valence-electron chi connectivity index (χ4n) is 3.08. The summed E-state index contributed by atoms with van der Waals surface area (Å²) in [5.74, 6) is 0.917. The molecular formula is C18H22N2O. The quantitative estimate of drug-likeness (QED) is 0.795. The fourth-order valence-corrected chi connectivity index (χ4v) is 3.08. The molecule has 0 amide bonds. The van der Waals surface area contributed by atoms with E-state index in [1.165, 1.54) is 28.1 Å². The van der Waals surface area contributed by atoms with E-state index in [0.717, 1.165) is 18.8 Å². The normalized spacial score (nSPS) is 14.1. The Kier molecular flexibility index (Phi) is 3.50. The zero-order chi connectivity index (χ0) is 15.0. The van der Waals surface area contributed by atoms with Crippen molar-refractivity contribution in [3.8, 4) is 5.75 Å². The SMILES string of the molecule is COc1ccc2c(c1)CN(C)c1ccc(C)cc1CN2C. The Hall–Kier alpha value is -2.16. The van der Waals surface area contributed by atoms with Crippen LogP contribution in [0, 0.1) is 6.92 Å². The van der Waals surface area contributed by atoms with Gasteiger partial charge in [0.15, 0.2) is 0 Å². The van der Waals surface area contributed by atoms with Gasteiger partial charge < -0.3 is 14.5 Å². The van der Waals surface area contributed by atoms with E-state index in [1.54, 1.807) is 7.11 Å². The maximum absolute atomic E-state index is 5.37. The van der Waals surface area contributed by atoms with Crippen molar-refractivity contribution in [3.63, 3.8) is 0 Å². The number of rotatable bonds is 1. The molecule has 0 saturated carbocycles. The van der Waals surface area contributed by atoms with Gasteiger partial charge in [0.2, 0.25) is 0 Å². The zero-order valence-corrected chi connectivity index (χ0v) is 13.2. The summed E-state index contributed by atoms with van der Waals surface area (Å²) in [6.07, 6.45) is 0. The van der Waals surface area contributed by atoms with Gasteiger partial charge in [-0.05, 0) is 42.3 Å². The van der Waals surface area contributed by atoms with Crippen molar-refractivity contribution in [2.24, 2.45) is 0 Å². The van der Waals surface area contributed by atoms with Crippen molar-refractivity contribution in [1.82, 2.24) is 0 Å². The molecule has 0 N–H and O–H groups in total. The van der Waals surface area contributed by atoms with E-state index in [-0.39, 0.29) is 0 Å². The Labute approximate surface area is 126 Å². The summed E-state index contributed by atoms with van der Waals surface area (Å²) in [6.45, 7) is 3.95. The topological polar surface area (TPSA) is 15.7 Å². The smallest absolute Gasteiger partial charge is 0.119 e. The lowest BCUT2D eigenvalue weighted by Crippen LogP contribution is -2.27. The van der Waals surface area contributed by atoms with Crippen LogP contribution < -0.4 is 14.5 Å². The first-order valence-electron chi connectivity index (χ1n) is 7.27. The van der Waals surface area contributed by atoms with Crippen LogP contribution in [-0.4, -0.2) is 21.2 Å². The van der Waals surface area contributed by atoms with Gasteiger partial charge in [0.1, 0.15) is 5.75 Å². The molecule has 1 aliphatic rings. The maximum Gasteiger partial charge on any atom is 0.119 e. The minimum absolute atomic E-state index is 0.882. The third kappa shape index (κ3) is 2.56. The van der Waals surface area contributed by atoms with E-state index < -0.39 is 0 Å². The number of nitrogens with zero attached hydrogens (tertiary/aromatic N) is 2. The molecule has 0 bridgehead atoms. The number of methoxy groups -OCH3 is 1. The predicted octanol–water partition coefficient (Wildman–Crippen LogP) is 3.59. The molecule has 0 radical (unpaired) electrons. The summed E-state index contributed by atoms with van der Waals surface area (Å²) < 4.78 is 5.37. The summed E-state index contributed by atoms with van der Waals surface area (Å²) in [5.41, 5.74) is 6.56. The zero-order valence-electron chi connectivity index (χ0n) is 13.2. The molecular weight excluding hydrogens is 260 g/mol. The molecule has 1 heterocycles. The summed E-state index contributed by atoms with van der Waals surface area (Å²) in [7, 11) is 6.03. The molecule has 0 fully saturated rings. The van der Waals surface area contributed by atoms with Gasteiger partial charge >= 0.3 is 0 Å². The molecule has 0 saturated heterocycles. The van der Waals surface area contributed by atoms with Gasteiger partial charge in [0.05, 0.1) is 7.11 Å². The van der Waals surface area contributed by atoms with Gasteiger partial charge in [-0.25, -0.2) is 0 Å². The van der Waals surface area contributed by atoms with Crippen LogP contribution in [0.15, 0.2) is 36.4 Å². The van der Waals surface area contributed by atoms with E-state index in [1.807, 2.05) is 6.07 Å². The Morgan fingerprint density at radius 3 is 2.05 bits per heavy atom. The van der Waals surface area contributed by atoms with Crippen LogP contribution in [-0.2, 0) is 13.1 Å². The second kappa shape index (κ2) is 5.32. The molecule has 1 aliphatic heterocycles. The number of hydrogen-bond acceptors (Lipinski definition) is 3. The molecule has 0 atom stereocenters. The van der Waals surface area contributed by atoms with Crippen molar-refractivity contribution in [1.29, 1.82) is 0 Å². The average molecular weight is 282 g/mol. The van der Waals surface area contributed by atoms with Crippen molar-refractivity contribution in [2.45, 2.75) is 20.0 Å². The standard InChI is InChI=1S/C18H22N2O/c1-13-5-7-17-14(9-13)11-19(2)18-8-6-16(21-4)10-15(18)12-20(17)3/h5-10H,11-12H2,1-4H3. The number of benzene rings is 2. The number of anilines is 2. The maximum atomic E-state index is 5.37. The molecule has 110 valence electrons. The molecule has 0 unspecified atom stereocenters. The Bertz CT molecular complexity index is 666. The lowest BCUT2D eigenvalue weighted by Gasteiger charge is -2.32. The average Bonchev–Trinajstić information content (AvgIpc) is 2.45. The second-order valence-electron chi connectivity index (χ2n) is 5.84. The Morgan fingerprint density at radius 1 is 0.857 bits per heavy atom. The molecule has 3 rings (SSSR count). The van der Waals surface area contributed by atoms with Gasteiger partial charge in [-0.1, -0.05) is 17.7 Å². The summed E-state index contributed by atoms with van der Waals surface area (Å²) in [4.78, 5) is 4.64. The molecule has 3 nitrogen and oxygen atoms in total. The van der Waals surface area contributed by atoms with Crippen molar-refractivity contribution in [2.75, 3.05) is 31.0 Å². The van der Waals surface area contributed by atoms with E-state index >= 15 is 0 Å². The first-order valence-corrected chi connectivity index (χ1v) is 7.27. The van der Waals surface area contributed by atoms with Crippen LogP contribution in [0.5, 0.6) is 5.75 Å². The van der Waals surface area contributed by atoms with Crippen LogP contribution in [0.2, 0.25) is 0 Å². The van der Waals surface area contributed by atoms with Gasteiger partial charge in [0, 0.05) is 38.6 Å². The van der Waals surface area contributed by atoms with Crippen LogP contribution >= 0.6 is 0 Å².